The molecule has 2 fully saturated rings. The predicted molar refractivity (Wildman–Crippen MR) is 112 cm³/mol. The molecule has 8 heteroatoms. The second kappa shape index (κ2) is 9.89. The molecule has 1 amide bonds. The number of nitrogens with one attached hydrogen (secondary N) is 2. The molecule has 2 aliphatic heterocycles. The van der Waals surface area contributed by atoms with Gasteiger partial charge in [0.1, 0.15) is 12.1 Å². The molecule has 2 aliphatic rings. The smallest absolute Gasteiger partial charge is 0.327 e. The number of ether oxygens (including phenoxy) is 1. The third-order valence-electron chi connectivity index (χ3n) is 5.65. The topological polar surface area (TPSA) is 73.9 Å². The van der Waals surface area contributed by atoms with E-state index in [1.165, 1.54) is 7.11 Å². The first-order valence-electron chi connectivity index (χ1n) is 10.3. The number of nitrogens with zero attached hydrogens (tertiary/aromatic N) is 2. The van der Waals surface area contributed by atoms with Crippen molar-refractivity contribution in [3.63, 3.8) is 0 Å². The summed E-state index contributed by atoms with van der Waals surface area (Å²) in [4.78, 5) is 29.3. The first kappa shape index (κ1) is 22.0. The fourth-order valence-electron chi connectivity index (χ4n) is 4.21. The highest BCUT2D eigenvalue weighted by atomic mass is 35.5. The van der Waals surface area contributed by atoms with Crippen molar-refractivity contribution in [2.75, 3.05) is 33.3 Å². The lowest BCUT2D eigenvalue weighted by Crippen LogP contribution is -2.55. The maximum absolute atomic E-state index is 12.9. The highest BCUT2D eigenvalue weighted by Crippen LogP contribution is 2.29. The maximum Gasteiger partial charge on any atom is 0.327 e. The summed E-state index contributed by atoms with van der Waals surface area (Å²) >= 11 is 6.34. The van der Waals surface area contributed by atoms with E-state index in [2.05, 4.69) is 24.7 Å². The summed E-state index contributed by atoms with van der Waals surface area (Å²) in [5.74, 6) is 0.374. The van der Waals surface area contributed by atoms with Gasteiger partial charge >= 0.3 is 5.97 Å². The van der Waals surface area contributed by atoms with Crippen LogP contribution in [0.1, 0.15) is 38.3 Å². The van der Waals surface area contributed by atoms with Crippen molar-refractivity contribution >= 4 is 23.5 Å². The Bertz CT molecular complexity index is 722. The van der Waals surface area contributed by atoms with E-state index in [1.807, 2.05) is 28.0 Å². The SMILES string of the molecule is COC(=O)C(c1ccccc1Cl)N1CCN(C(=O)C2CC(CC(C)C)NN2)CC1. The largest absolute Gasteiger partial charge is 0.468 e. The fourth-order valence-corrected chi connectivity index (χ4v) is 4.45. The van der Waals surface area contributed by atoms with Crippen LogP contribution in [0.15, 0.2) is 24.3 Å². The van der Waals surface area contributed by atoms with Crippen molar-refractivity contribution in [1.29, 1.82) is 0 Å². The molecule has 3 unspecified atom stereocenters. The Hall–Kier alpha value is -1.67. The number of benzene rings is 1. The van der Waals surface area contributed by atoms with Gasteiger partial charge in [-0.3, -0.25) is 15.1 Å². The van der Waals surface area contributed by atoms with Crippen molar-refractivity contribution in [3.05, 3.63) is 34.9 Å². The van der Waals surface area contributed by atoms with Gasteiger partial charge in [0, 0.05) is 37.2 Å². The number of amides is 1. The minimum absolute atomic E-state index is 0.121. The number of esters is 1. The monoisotopic (exact) mass is 422 g/mol. The Morgan fingerprint density at radius 1 is 1.17 bits per heavy atom. The number of carbonyl (C=O) groups excluding carboxylic acids is 2. The van der Waals surface area contributed by atoms with E-state index < -0.39 is 6.04 Å². The van der Waals surface area contributed by atoms with E-state index in [-0.39, 0.29) is 17.9 Å². The lowest BCUT2D eigenvalue weighted by Gasteiger charge is -2.39. The molecule has 0 aliphatic carbocycles. The van der Waals surface area contributed by atoms with E-state index >= 15 is 0 Å². The normalized spacial score (nSPS) is 24.0. The molecule has 160 valence electrons. The number of carbonyl (C=O) groups is 2. The summed E-state index contributed by atoms with van der Waals surface area (Å²) in [6.45, 7) is 6.70. The molecule has 7 nitrogen and oxygen atoms in total. The van der Waals surface area contributed by atoms with E-state index in [0.29, 0.717) is 43.2 Å². The average molecular weight is 423 g/mol. The third-order valence-corrected chi connectivity index (χ3v) is 6.00. The molecule has 1 aromatic rings. The van der Waals surface area contributed by atoms with Gasteiger partial charge in [-0.25, -0.2) is 10.2 Å². The van der Waals surface area contributed by atoms with Gasteiger partial charge in [0.2, 0.25) is 5.91 Å². The molecule has 0 radical (unpaired) electrons. The Balaban J connectivity index is 1.61. The number of hydrogen-bond acceptors (Lipinski definition) is 6. The van der Waals surface area contributed by atoms with Crippen molar-refractivity contribution in [1.82, 2.24) is 20.7 Å². The van der Waals surface area contributed by atoms with Gasteiger partial charge in [0.05, 0.1) is 7.11 Å². The van der Waals surface area contributed by atoms with Crippen LogP contribution in [0.3, 0.4) is 0 Å². The van der Waals surface area contributed by atoms with E-state index in [4.69, 9.17) is 16.3 Å². The summed E-state index contributed by atoms with van der Waals surface area (Å²) in [5.41, 5.74) is 7.14. The van der Waals surface area contributed by atoms with Crippen molar-refractivity contribution < 1.29 is 14.3 Å². The fraction of sp³-hybridized carbons (Fsp3) is 0.619. The first-order chi connectivity index (χ1) is 13.9. The zero-order valence-corrected chi connectivity index (χ0v) is 18.1. The third kappa shape index (κ3) is 5.28. The van der Waals surface area contributed by atoms with Crippen LogP contribution in [0.4, 0.5) is 0 Å². The van der Waals surface area contributed by atoms with Gasteiger partial charge in [0.15, 0.2) is 0 Å². The van der Waals surface area contributed by atoms with Crippen LogP contribution in [-0.4, -0.2) is 67.0 Å². The van der Waals surface area contributed by atoms with Crippen LogP contribution in [0.5, 0.6) is 0 Å². The van der Waals surface area contributed by atoms with Crippen LogP contribution in [0, 0.1) is 5.92 Å². The number of piperazine rings is 1. The van der Waals surface area contributed by atoms with Gasteiger partial charge in [-0.05, 0) is 30.4 Å². The molecule has 0 bridgehead atoms. The summed E-state index contributed by atoms with van der Waals surface area (Å²) in [6, 6.07) is 6.91. The molecule has 2 heterocycles. The van der Waals surface area contributed by atoms with E-state index in [0.717, 1.165) is 18.4 Å². The maximum atomic E-state index is 12.9. The zero-order chi connectivity index (χ0) is 21.0. The molecule has 2 saturated heterocycles. The highest BCUT2D eigenvalue weighted by Gasteiger charge is 2.37. The number of methoxy groups -OCH3 is 1. The molecule has 3 rings (SSSR count). The van der Waals surface area contributed by atoms with Crippen LogP contribution >= 0.6 is 11.6 Å². The Labute approximate surface area is 177 Å². The van der Waals surface area contributed by atoms with Gasteiger partial charge in [-0.15, -0.1) is 0 Å². The average Bonchev–Trinajstić information content (AvgIpc) is 3.17. The lowest BCUT2D eigenvalue weighted by atomic mass is 9.99. The van der Waals surface area contributed by atoms with Crippen molar-refractivity contribution in [2.45, 2.75) is 44.8 Å². The number of hydrazine groups is 1. The lowest BCUT2D eigenvalue weighted by molar-refractivity contribution is -0.148. The van der Waals surface area contributed by atoms with Crippen LogP contribution in [0.25, 0.3) is 0 Å². The second-order valence-electron chi connectivity index (χ2n) is 8.21. The molecular weight excluding hydrogens is 392 g/mol. The zero-order valence-electron chi connectivity index (χ0n) is 17.4. The molecule has 0 spiro atoms. The van der Waals surface area contributed by atoms with Gasteiger partial charge < -0.3 is 9.64 Å². The summed E-state index contributed by atoms with van der Waals surface area (Å²) < 4.78 is 5.04. The number of halogens is 1. The number of rotatable bonds is 6. The molecule has 2 N–H and O–H groups in total. The molecule has 1 aromatic carbocycles. The highest BCUT2D eigenvalue weighted by molar-refractivity contribution is 6.31. The predicted octanol–water partition coefficient (Wildman–Crippen LogP) is 1.98. The Morgan fingerprint density at radius 2 is 1.86 bits per heavy atom. The van der Waals surface area contributed by atoms with Gasteiger partial charge in [-0.2, -0.15) is 0 Å². The second-order valence-corrected chi connectivity index (χ2v) is 8.62. The first-order valence-corrected chi connectivity index (χ1v) is 10.6. The number of hydrogen-bond donors (Lipinski definition) is 2. The van der Waals surface area contributed by atoms with Crippen LogP contribution < -0.4 is 10.9 Å². The molecule has 29 heavy (non-hydrogen) atoms. The molecule has 0 saturated carbocycles. The van der Waals surface area contributed by atoms with E-state index in [1.54, 1.807) is 6.07 Å². The van der Waals surface area contributed by atoms with Crippen LogP contribution in [0.2, 0.25) is 5.02 Å². The Kier molecular flexibility index (Phi) is 7.51. The van der Waals surface area contributed by atoms with E-state index in [9.17, 15) is 9.59 Å². The van der Waals surface area contributed by atoms with Gasteiger partial charge in [0.25, 0.3) is 0 Å². The van der Waals surface area contributed by atoms with Crippen molar-refractivity contribution in [3.8, 4) is 0 Å². The van der Waals surface area contributed by atoms with Crippen LogP contribution in [-0.2, 0) is 14.3 Å². The standard InChI is InChI=1S/C21H31ClN4O3/c1-14(2)12-15-13-18(24-23-15)20(27)26-10-8-25(9-11-26)19(21(28)29-3)16-6-4-5-7-17(16)22/h4-7,14-15,18-19,23-24H,8-13H2,1-3H3. The minimum atomic E-state index is -0.562. The molecule has 0 aromatic heterocycles. The quantitative estimate of drug-likeness (QED) is 0.683. The Morgan fingerprint density at radius 3 is 2.48 bits per heavy atom. The summed E-state index contributed by atoms with van der Waals surface area (Å²) in [6.07, 6.45) is 1.85. The van der Waals surface area contributed by atoms with Crippen molar-refractivity contribution in [2.24, 2.45) is 5.92 Å². The minimum Gasteiger partial charge on any atom is -0.468 e. The summed E-state index contributed by atoms with van der Waals surface area (Å²) in [5, 5.41) is 0.541. The molecule has 3 atom stereocenters. The summed E-state index contributed by atoms with van der Waals surface area (Å²) in [7, 11) is 1.39. The van der Waals surface area contributed by atoms with Gasteiger partial charge in [-0.1, -0.05) is 43.6 Å². The molecular formula is C21H31ClN4O3.